The van der Waals surface area contributed by atoms with E-state index in [0.29, 0.717) is 17.7 Å². The average Bonchev–Trinajstić information content (AvgIpc) is 2.88. The van der Waals surface area contributed by atoms with Crippen molar-refractivity contribution >= 4 is 5.91 Å². The summed E-state index contributed by atoms with van der Waals surface area (Å²) in [7, 11) is 1.67. The Morgan fingerprint density at radius 3 is 2.15 bits per heavy atom. The van der Waals surface area contributed by atoms with Gasteiger partial charge in [-0.1, -0.05) is 78.9 Å². The minimum atomic E-state index is -1.75. The Morgan fingerprint density at radius 2 is 1.58 bits per heavy atom. The Kier molecular flexibility index (Phi) is 7.23. The predicted octanol–water partition coefficient (Wildman–Crippen LogP) is 3.88. The summed E-state index contributed by atoms with van der Waals surface area (Å²) in [6.07, 6.45) is 3.12. The van der Waals surface area contributed by atoms with Gasteiger partial charge in [-0.3, -0.25) is 9.69 Å². The Balaban J connectivity index is 1.42. The lowest BCUT2D eigenvalue weighted by Crippen LogP contribution is -2.46. The fraction of sp³-hybridized carbons (Fsp3) is 0.250. The van der Waals surface area contributed by atoms with Crippen molar-refractivity contribution in [3.05, 3.63) is 113 Å². The molecule has 1 aliphatic heterocycles. The second kappa shape index (κ2) is 10.5. The number of methoxy groups -OCH3 is 1. The molecule has 1 amide bonds. The fourth-order valence-corrected chi connectivity index (χ4v) is 4.24. The van der Waals surface area contributed by atoms with Gasteiger partial charge in [0.15, 0.2) is 5.60 Å². The molecule has 0 saturated carbocycles. The Labute approximate surface area is 195 Å². The van der Waals surface area contributed by atoms with Gasteiger partial charge < -0.3 is 15.2 Å². The van der Waals surface area contributed by atoms with Crippen LogP contribution in [0.4, 0.5) is 0 Å². The Morgan fingerprint density at radius 1 is 0.970 bits per heavy atom. The molecular formula is C28H30N2O3. The van der Waals surface area contributed by atoms with Gasteiger partial charge >= 0.3 is 0 Å². The molecule has 0 radical (unpaired) electrons. The maximum Gasteiger partial charge on any atom is 0.261 e. The highest BCUT2D eigenvalue weighted by molar-refractivity contribution is 5.90. The first kappa shape index (κ1) is 22.8. The van der Waals surface area contributed by atoms with E-state index in [9.17, 15) is 9.90 Å². The van der Waals surface area contributed by atoms with Crippen molar-refractivity contribution < 1.29 is 14.6 Å². The van der Waals surface area contributed by atoms with E-state index in [2.05, 4.69) is 28.4 Å². The van der Waals surface area contributed by atoms with E-state index in [4.69, 9.17) is 4.74 Å². The van der Waals surface area contributed by atoms with E-state index < -0.39 is 11.5 Å². The van der Waals surface area contributed by atoms with Gasteiger partial charge in [0.05, 0.1) is 7.11 Å². The molecule has 2 N–H and O–H groups in total. The SMILES string of the molecule is COc1ccc(CN2CCC=C(CNC(=O)C(O)(c3ccccc3)c3ccccc3)C2)cc1. The van der Waals surface area contributed by atoms with Crippen molar-refractivity contribution in [1.82, 2.24) is 10.2 Å². The van der Waals surface area contributed by atoms with Crippen LogP contribution in [0.2, 0.25) is 0 Å². The number of nitrogens with zero attached hydrogens (tertiary/aromatic N) is 1. The van der Waals surface area contributed by atoms with Crippen LogP contribution in [0.15, 0.2) is 96.6 Å². The van der Waals surface area contributed by atoms with E-state index in [0.717, 1.165) is 37.4 Å². The highest BCUT2D eigenvalue weighted by Gasteiger charge is 2.39. The molecule has 0 aliphatic carbocycles. The quantitative estimate of drug-likeness (QED) is 0.520. The van der Waals surface area contributed by atoms with Crippen LogP contribution in [0.5, 0.6) is 5.75 Å². The number of carbonyl (C=O) groups is 1. The number of hydrogen-bond donors (Lipinski definition) is 2. The first-order valence-corrected chi connectivity index (χ1v) is 11.2. The van der Waals surface area contributed by atoms with E-state index in [-0.39, 0.29) is 0 Å². The number of hydrogen-bond acceptors (Lipinski definition) is 4. The third kappa shape index (κ3) is 5.33. The lowest BCUT2D eigenvalue weighted by molar-refractivity contribution is -0.136. The summed E-state index contributed by atoms with van der Waals surface area (Å²) in [5.74, 6) is 0.429. The van der Waals surface area contributed by atoms with Gasteiger partial charge in [0, 0.05) is 26.2 Å². The molecule has 4 rings (SSSR count). The Hall–Kier alpha value is -3.41. The van der Waals surface area contributed by atoms with Gasteiger partial charge in [-0.15, -0.1) is 0 Å². The van der Waals surface area contributed by atoms with Gasteiger partial charge in [0.1, 0.15) is 5.75 Å². The van der Waals surface area contributed by atoms with Crippen molar-refractivity contribution in [3.63, 3.8) is 0 Å². The monoisotopic (exact) mass is 442 g/mol. The Bertz CT molecular complexity index is 1040. The lowest BCUT2D eigenvalue weighted by Gasteiger charge is -2.30. The summed E-state index contributed by atoms with van der Waals surface area (Å²) in [5, 5.41) is 14.6. The van der Waals surface area contributed by atoms with Gasteiger partial charge in [-0.25, -0.2) is 0 Å². The second-order valence-corrected chi connectivity index (χ2v) is 8.33. The zero-order chi connectivity index (χ0) is 23.1. The number of carbonyl (C=O) groups excluding carboxylic acids is 1. The minimum absolute atomic E-state index is 0.403. The van der Waals surface area contributed by atoms with Crippen LogP contribution in [-0.4, -0.2) is 42.7 Å². The zero-order valence-corrected chi connectivity index (χ0v) is 18.9. The summed E-state index contributed by atoms with van der Waals surface area (Å²) in [4.78, 5) is 15.7. The van der Waals surface area contributed by atoms with Crippen molar-refractivity contribution in [2.24, 2.45) is 0 Å². The molecule has 170 valence electrons. The first-order valence-electron chi connectivity index (χ1n) is 11.2. The third-order valence-corrected chi connectivity index (χ3v) is 6.06. The van der Waals surface area contributed by atoms with Crippen molar-refractivity contribution in [2.75, 3.05) is 26.7 Å². The summed E-state index contributed by atoms with van der Waals surface area (Å²) in [6, 6.07) is 26.3. The summed E-state index contributed by atoms with van der Waals surface area (Å²) in [5.41, 5.74) is 1.72. The van der Waals surface area contributed by atoms with Gasteiger partial charge in [0.25, 0.3) is 5.91 Å². The molecule has 0 bridgehead atoms. The molecule has 33 heavy (non-hydrogen) atoms. The number of aliphatic hydroxyl groups is 1. The summed E-state index contributed by atoms with van der Waals surface area (Å²) in [6.45, 7) is 3.00. The van der Waals surface area contributed by atoms with Crippen LogP contribution in [0.25, 0.3) is 0 Å². The van der Waals surface area contributed by atoms with E-state index in [1.165, 1.54) is 5.56 Å². The molecule has 0 fully saturated rings. The van der Waals surface area contributed by atoms with Crippen LogP contribution in [0.3, 0.4) is 0 Å². The number of amides is 1. The molecule has 0 spiro atoms. The smallest absolute Gasteiger partial charge is 0.261 e. The highest BCUT2D eigenvalue weighted by atomic mass is 16.5. The van der Waals surface area contributed by atoms with Crippen LogP contribution in [0.1, 0.15) is 23.1 Å². The lowest BCUT2D eigenvalue weighted by atomic mass is 9.85. The number of nitrogens with one attached hydrogen (secondary N) is 1. The first-order chi connectivity index (χ1) is 16.1. The van der Waals surface area contributed by atoms with Gasteiger partial charge in [0.2, 0.25) is 0 Å². The maximum absolute atomic E-state index is 13.3. The third-order valence-electron chi connectivity index (χ3n) is 6.06. The van der Waals surface area contributed by atoms with E-state index in [1.54, 1.807) is 31.4 Å². The predicted molar refractivity (Wildman–Crippen MR) is 130 cm³/mol. The second-order valence-electron chi connectivity index (χ2n) is 8.33. The van der Waals surface area contributed by atoms with Gasteiger partial charge in [-0.05, 0) is 40.8 Å². The molecule has 0 atom stereocenters. The molecule has 5 heteroatoms. The van der Waals surface area contributed by atoms with E-state index in [1.807, 2.05) is 48.5 Å². The van der Waals surface area contributed by atoms with Crippen molar-refractivity contribution in [2.45, 2.75) is 18.6 Å². The molecule has 3 aromatic rings. The highest BCUT2D eigenvalue weighted by Crippen LogP contribution is 2.30. The van der Waals surface area contributed by atoms with Crippen molar-refractivity contribution in [1.29, 1.82) is 0 Å². The largest absolute Gasteiger partial charge is 0.497 e. The van der Waals surface area contributed by atoms with Crippen molar-refractivity contribution in [3.8, 4) is 5.75 Å². The normalized spacial score (nSPS) is 14.4. The van der Waals surface area contributed by atoms with Crippen LogP contribution in [0, 0.1) is 0 Å². The molecule has 1 aliphatic rings. The minimum Gasteiger partial charge on any atom is -0.497 e. The molecule has 0 unspecified atom stereocenters. The number of benzene rings is 3. The fourth-order valence-electron chi connectivity index (χ4n) is 4.24. The van der Waals surface area contributed by atoms with Crippen LogP contribution in [-0.2, 0) is 16.9 Å². The number of ether oxygens (including phenoxy) is 1. The molecule has 0 saturated heterocycles. The van der Waals surface area contributed by atoms with Crippen LogP contribution >= 0.6 is 0 Å². The molecule has 0 aromatic heterocycles. The summed E-state index contributed by atoms with van der Waals surface area (Å²) >= 11 is 0. The molecule has 3 aromatic carbocycles. The molecular weight excluding hydrogens is 412 g/mol. The topological polar surface area (TPSA) is 61.8 Å². The van der Waals surface area contributed by atoms with E-state index >= 15 is 0 Å². The standard InChI is InChI=1S/C28H30N2O3/c1-33-26-16-14-22(15-17-26)20-30-18-8-9-23(21-30)19-29-27(31)28(32,24-10-4-2-5-11-24)25-12-6-3-7-13-25/h2-7,9-17,32H,8,18-21H2,1H3,(H,29,31). The molecule has 5 nitrogen and oxygen atoms in total. The zero-order valence-electron chi connectivity index (χ0n) is 18.9. The maximum atomic E-state index is 13.3. The number of rotatable bonds is 8. The van der Waals surface area contributed by atoms with Crippen LogP contribution < -0.4 is 10.1 Å². The summed E-state index contributed by atoms with van der Waals surface area (Å²) < 4.78 is 5.24. The average molecular weight is 443 g/mol. The van der Waals surface area contributed by atoms with Gasteiger partial charge in [-0.2, -0.15) is 0 Å². The molecule has 1 heterocycles.